The lowest BCUT2D eigenvalue weighted by molar-refractivity contribution is -0.138. The quantitative estimate of drug-likeness (QED) is 0.515. The maximum atomic E-state index is 13.3. The maximum Gasteiger partial charge on any atom is 0.416 e. The van der Waals surface area contributed by atoms with Gasteiger partial charge in [0.05, 0.1) is 11.6 Å². The Hall–Kier alpha value is -1.92. The van der Waals surface area contributed by atoms with E-state index in [-0.39, 0.29) is 5.56 Å². The van der Waals surface area contributed by atoms with Crippen molar-refractivity contribution in [3.8, 4) is 0 Å². The summed E-state index contributed by atoms with van der Waals surface area (Å²) in [6, 6.07) is 9.73. The molecule has 2 nitrogen and oxygen atoms in total. The SMILES string of the molecule is NN[C@@H](c1ccccc1)c1cc(F)ccc1C(F)(F)F. The van der Waals surface area contributed by atoms with Gasteiger partial charge in [0.1, 0.15) is 5.82 Å². The first-order valence-electron chi connectivity index (χ1n) is 5.81. The van der Waals surface area contributed by atoms with Gasteiger partial charge in [-0.2, -0.15) is 13.2 Å². The molecule has 0 saturated carbocycles. The minimum Gasteiger partial charge on any atom is -0.271 e. The van der Waals surface area contributed by atoms with E-state index in [1.54, 1.807) is 30.3 Å². The van der Waals surface area contributed by atoms with Crippen molar-refractivity contribution >= 4 is 0 Å². The van der Waals surface area contributed by atoms with Crippen LogP contribution < -0.4 is 11.3 Å². The molecule has 0 aliphatic carbocycles. The molecule has 0 spiro atoms. The summed E-state index contributed by atoms with van der Waals surface area (Å²) in [5.74, 6) is 4.61. The first-order valence-corrected chi connectivity index (χ1v) is 5.81. The zero-order valence-electron chi connectivity index (χ0n) is 10.3. The number of halogens is 4. The van der Waals surface area contributed by atoms with Gasteiger partial charge in [0.15, 0.2) is 0 Å². The van der Waals surface area contributed by atoms with Crippen LogP contribution >= 0.6 is 0 Å². The highest BCUT2D eigenvalue weighted by Crippen LogP contribution is 2.36. The smallest absolute Gasteiger partial charge is 0.271 e. The van der Waals surface area contributed by atoms with Gasteiger partial charge in [0.2, 0.25) is 0 Å². The fourth-order valence-electron chi connectivity index (χ4n) is 2.04. The predicted molar refractivity (Wildman–Crippen MR) is 67.0 cm³/mol. The van der Waals surface area contributed by atoms with Crippen LogP contribution in [0.4, 0.5) is 17.6 Å². The summed E-state index contributed by atoms with van der Waals surface area (Å²) in [4.78, 5) is 0. The average Bonchev–Trinajstić information content (AvgIpc) is 2.39. The number of benzene rings is 2. The summed E-state index contributed by atoms with van der Waals surface area (Å²) in [5, 5.41) is 0. The van der Waals surface area contributed by atoms with Crippen LogP contribution in [0.15, 0.2) is 48.5 Å². The highest BCUT2D eigenvalue weighted by atomic mass is 19.4. The Morgan fingerprint density at radius 3 is 2.20 bits per heavy atom. The molecule has 2 aromatic rings. The Kier molecular flexibility index (Phi) is 4.06. The average molecular weight is 284 g/mol. The third-order valence-corrected chi connectivity index (χ3v) is 2.93. The molecule has 2 aromatic carbocycles. The monoisotopic (exact) mass is 284 g/mol. The minimum absolute atomic E-state index is 0.244. The molecular weight excluding hydrogens is 272 g/mol. The van der Waals surface area contributed by atoms with E-state index in [4.69, 9.17) is 5.84 Å². The van der Waals surface area contributed by atoms with Crippen LogP contribution in [-0.4, -0.2) is 0 Å². The summed E-state index contributed by atoms with van der Waals surface area (Å²) < 4.78 is 52.3. The van der Waals surface area contributed by atoms with Gasteiger partial charge < -0.3 is 0 Å². The standard InChI is InChI=1S/C14H12F4N2/c15-10-6-7-12(14(16,17)18)11(8-10)13(20-19)9-4-2-1-3-5-9/h1-8,13,20H,19H2/t13-/m0/s1. The maximum absolute atomic E-state index is 13.3. The summed E-state index contributed by atoms with van der Waals surface area (Å²) >= 11 is 0. The topological polar surface area (TPSA) is 38.0 Å². The zero-order valence-corrected chi connectivity index (χ0v) is 10.3. The molecule has 0 radical (unpaired) electrons. The van der Waals surface area contributed by atoms with Gasteiger partial charge in [-0.05, 0) is 29.3 Å². The van der Waals surface area contributed by atoms with Crippen LogP contribution in [0.25, 0.3) is 0 Å². The zero-order chi connectivity index (χ0) is 14.8. The van der Waals surface area contributed by atoms with Gasteiger partial charge in [-0.15, -0.1) is 0 Å². The third kappa shape index (κ3) is 2.97. The molecule has 0 unspecified atom stereocenters. The van der Waals surface area contributed by atoms with E-state index in [2.05, 4.69) is 5.43 Å². The summed E-state index contributed by atoms with van der Waals surface area (Å²) in [6.45, 7) is 0. The molecule has 0 bridgehead atoms. The van der Waals surface area contributed by atoms with E-state index in [1.807, 2.05) is 0 Å². The van der Waals surface area contributed by atoms with E-state index in [1.165, 1.54) is 0 Å². The third-order valence-electron chi connectivity index (χ3n) is 2.93. The normalized spacial score (nSPS) is 13.2. The molecule has 2 rings (SSSR count). The van der Waals surface area contributed by atoms with Gasteiger partial charge in [0, 0.05) is 0 Å². The van der Waals surface area contributed by atoms with E-state index in [0.29, 0.717) is 5.56 Å². The van der Waals surface area contributed by atoms with Crippen molar-refractivity contribution in [3.05, 3.63) is 71.0 Å². The van der Waals surface area contributed by atoms with Crippen molar-refractivity contribution in [1.29, 1.82) is 0 Å². The Balaban J connectivity index is 2.57. The lowest BCUT2D eigenvalue weighted by Gasteiger charge is -2.21. The molecule has 0 aliphatic rings. The van der Waals surface area contributed by atoms with E-state index in [9.17, 15) is 17.6 Å². The van der Waals surface area contributed by atoms with Gasteiger partial charge in [-0.1, -0.05) is 30.3 Å². The van der Waals surface area contributed by atoms with E-state index >= 15 is 0 Å². The number of nitrogens with one attached hydrogen (secondary N) is 1. The number of hydrogen-bond acceptors (Lipinski definition) is 2. The Labute approximate surface area is 113 Å². The molecule has 106 valence electrons. The van der Waals surface area contributed by atoms with Gasteiger partial charge >= 0.3 is 6.18 Å². The molecular formula is C14H12F4N2. The van der Waals surface area contributed by atoms with Crippen molar-refractivity contribution in [2.45, 2.75) is 12.2 Å². The van der Waals surface area contributed by atoms with Crippen LogP contribution in [-0.2, 0) is 6.18 Å². The summed E-state index contributed by atoms with van der Waals surface area (Å²) in [6.07, 6.45) is -4.58. The molecule has 0 fully saturated rings. The number of rotatable bonds is 3. The van der Waals surface area contributed by atoms with Crippen molar-refractivity contribution in [2.75, 3.05) is 0 Å². The Morgan fingerprint density at radius 1 is 1.00 bits per heavy atom. The van der Waals surface area contributed by atoms with Gasteiger partial charge in [-0.3, -0.25) is 5.84 Å². The number of nitrogens with two attached hydrogens (primary N) is 1. The number of hydrazine groups is 1. The van der Waals surface area contributed by atoms with Crippen molar-refractivity contribution in [2.24, 2.45) is 5.84 Å². The minimum atomic E-state index is -4.58. The van der Waals surface area contributed by atoms with Crippen molar-refractivity contribution in [1.82, 2.24) is 5.43 Å². The van der Waals surface area contributed by atoms with Crippen molar-refractivity contribution < 1.29 is 17.6 Å². The molecule has 0 aromatic heterocycles. The second-order valence-electron chi connectivity index (χ2n) is 4.24. The van der Waals surface area contributed by atoms with Gasteiger partial charge in [-0.25, -0.2) is 9.82 Å². The molecule has 6 heteroatoms. The van der Waals surface area contributed by atoms with Crippen LogP contribution in [0, 0.1) is 5.82 Å². The molecule has 20 heavy (non-hydrogen) atoms. The fraction of sp³-hybridized carbons (Fsp3) is 0.143. The van der Waals surface area contributed by atoms with E-state index < -0.39 is 23.6 Å². The molecule has 1 atom stereocenters. The Bertz CT molecular complexity index is 581. The highest BCUT2D eigenvalue weighted by Gasteiger charge is 2.35. The van der Waals surface area contributed by atoms with Crippen LogP contribution in [0.3, 0.4) is 0 Å². The van der Waals surface area contributed by atoms with Crippen LogP contribution in [0.5, 0.6) is 0 Å². The van der Waals surface area contributed by atoms with Crippen LogP contribution in [0.2, 0.25) is 0 Å². The number of alkyl halides is 3. The molecule has 0 saturated heterocycles. The molecule has 0 heterocycles. The first kappa shape index (κ1) is 14.5. The molecule has 0 aliphatic heterocycles. The van der Waals surface area contributed by atoms with Crippen LogP contribution in [0.1, 0.15) is 22.7 Å². The Morgan fingerprint density at radius 2 is 1.65 bits per heavy atom. The second kappa shape index (κ2) is 5.60. The lowest BCUT2D eigenvalue weighted by Crippen LogP contribution is -2.30. The molecule has 0 amide bonds. The second-order valence-corrected chi connectivity index (χ2v) is 4.24. The van der Waals surface area contributed by atoms with Crippen molar-refractivity contribution in [3.63, 3.8) is 0 Å². The lowest BCUT2D eigenvalue weighted by atomic mass is 9.94. The fourth-order valence-corrected chi connectivity index (χ4v) is 2.04. The van der Waals surface area contributed by atoms with Gasteiger partial charge in [0.25, 0.3) is 0 Å². The number of hydrogen-bond donors (Lipinski definition) is 2. The largest absolute Gasteiger partial charge is 0.416 e. The molecule has 3 N–H and O–H groups in total. The highest BCUT2D eigenvalue weighted by molar-refractivity contribution is 5.39. The van der Waals surface area contributed by atoms with E-state index in [0.717, 1.165) is 18.2 Å². The predicted octanol–water partition coefficient (Wildman–Crippen LogP) is 3.40. The first-order chi connectivity index (χ1) is 9.43. The summed E-state index contributed by atoms with van der Waals surface area (Å²) in [5.41, 5.74) is 1.67. The summed E-state index contributed by atoms with van der Waals surface area (Å²) in [7, 11) is 0.